The zero-order valence-corrected chi connectivity index (χ0v) is 45.7. The molecule has 0 spiro atoms. The van der Waals surface area contributed by atoms with E-state index in [0.717, 1.165) is 115 Å². The Labute approximate surface area is 481 Å². The number of benzene rings is 13. The van der Waals surface area contributed by atoms with Crippen LogP contribution in [0.1, 0.15) is 51.8 Å². The van der Waals surface area contributed by atoms with E-state index in [4.69, 9.17) is 14.2 Å². The van der Waals surface area contributed by atoms with Crippen molar-refractivity contribution in [1.29, 1.82) is 0 Å². The van der Waals surface area contributed by atoms with Crippen LogP contribution in [0.4, 0.5) is 0 Å². The second kappa shape index (κ2) is 21.4. The van der Waals surface area contributed by atoms with Crippen LogP contribution in [0.25, 0.3) is 131 Å². The van der Waals surface area contributed by atoms with Gasteiger partial charge in [0.2, 0.25) is 0 Å². The third-order valence-corrected chi connectivity index (χ3v) is 15.5. The monoisotopic (exact) mass is 1090 g/mol. The lowest BCUT2D eigenvalue weighted by molar-refractivity contribution is -0.136. The molecule has 13 rings (SSSR count). The number of carbonyl (C=O) groups excluding carboxylic acids is 6. The van der Waals surface area contributed by atoms with Crippen LogP contribution in [0.3, 0.4) is 0 Å². The van der Waals surface area contributed by atoms with Crippen LogP contribution < -0.4 is 0 Å². The summed E-state index contributed by atoms with van der Waals surface area (Å²) in [7, 11) is 0. The number of ether oxygens (including phenoxy) is 3. The van der Waals surface area contributed by atoms with E-state index in [1.165, 1.54) is 20.8 Å². The molecule has 0 saturated carbocycles. The molecule has 0 aliphatic rings. The zero-order valence-electron chi connectivity index (χ0n) is 45.7. The van der Waals surface area contributed by atoms with E-state index in [-0.39, 0.29) is 0 Å². The minimum Gasteiger partial charge on any atom is -0.390 e. The van der Waals surface area contributed by atoms with Crippen LogP contribution in [-0.2, 0) is 28.6 Å². The number of hydrogen-bond acceptors (Lipinski definition) is 9. The molecule has 0 heterocycles. The fourth-order valence-electron chi connectivity index (χ4n) is 11.9. The van der Waals surface area contributed by atoms with Crippen molar-refractivity contribution in [2.24, 2.45) is 0 Å². The maximum absolute atomic E-state index is 13.3. The summed E-state index contributed by atoms with van der Waals surface area (Å²) in [4.78, 5) is 75.7. The molecule has 84 heavy (non-hydrogen) atoms. The van der Waals surface area contributed by atoms with Crippen molar-refractivity contribution in [3.05, 3.63) is 253 Å². The van der Waals surface area contributed by atoms with Crippen LogP contribution in [0.15, 0.2) is 237 Å². The van der Waals surface area contributed by atoms with E-state index in [1.54, 1.807) is 18.2 Å². The lowest BCUT2D eigenvalue weighted by Gasteiger charge is -2.16. The topological polar surface area (TPSA) is 130 Å². The normalized spacial score (nSPS) is 11.3. The second-order valence-electron chi connectivity index (χ2n) is 20.8. The second-order valence-corrected chi connectivity index (χ2v) is 20.8. The van der Waals surface area contributed by atoms with Gasteiger partial charge in [0.25, 0.3) is 0 Å². The molecule has 0 aromatic heterocycles. The number of fused-ring (bicyclic) bond motifs is 6. The van der Waals surface area contributed by atoms with E-state index in [1.807, 2.05) is 109 Å². The first kappa shape index (κ1) is 52.2. The van der Waals surface area contributed by atoms with Gasteiger partial charge in [0.1, 0.15) is 0 Å². The van der Waals surface area contributed by atoms with Crippen LogP contribution in [0.5, 0.6) is 0 Å². The van der Waals surface area contributed by atoms with Crippen molar-refractivity contribution in [3.63, 3.8) is 0 Å². The number of carbonyl (C=O) groups is 6. The molecule has 0 aliphatic heterocycles. The van der Waals surface area contributed by atoms with Crippen molar-refractivity contribution in [2.75, 3.05) is 0 Å². The molecule has 402 valence electrons. The van der Waals surface area contributed by atoms with Gasteiger partial charge in [0.05, 0.1) is 16.7 Å². The fraction of sp³-hybridized carbons (Fsp3) is 0.0400. The Hall–Kier alpha value is -11.2. The molecular formula is C75H48O9. The molecule has 13 aromatic rings. The van der Waals surface area contributed by atoms with E-state index in [9.17, 15) is 28.8 Å². The smallest absolute Gasteiger partial charge is 0.346 e. The van der Waals surface area contributed by atoms with Crippen molar-refractivity contribution < 1.29 is 43.0 Å². The molecule has 0 radical (unpaired) electrons. The van der Waals surface area contributed by atoms with Gasteiger partial charge < -0.3 is 14.2 Å². The van der Waals surface area contributed by atoms with E-state index >= 15 is 0 Å². The van der Waals surface area contributed by atoms with Gasteiger partial charge >= 0.3 is 35.8 Å². The molecule has 0 amide bonds. The van der Waals surface area contributed by atoms with Crippen molar-refractivity contribution in [3.8, 4) is 66.8 Å². The quantitative estimate of drug-likeness (QED) is 0.0600. The highest BCUT2D eigenvalue weighted by Gasteiger charge is 2.22. The first-order chi connectivity index (χ1) is 40.8. The van der Waals surface area contributed by atoms with Gasteiger partial charge in [-0.25, -0.2) is 14.4 Å². The summed E-state index contributed by atoms with van der Waals surface area (Å²) in [6.07, 6.45) is 0. The Morgan fingerprint density at radius 1 is 0.226 bits per heavy atom. The first-order valence-corrected chi connectivity index (χ1v) is 27.3. The Kier molecular flexibility index (Phi) is 13.3. The molecular weight excluding hydrogens is 1040 g/mol. The Balaban J connectivity index is 0.946. The molecule has 9 heteroatoms. The molecule has 0 atom stereocenters. The highest BCUT2D eigenvalue weighted by molar-refractivity contribution is 6.21. The van der Waals surface area contributed by atoms with Crippen molar-refractivity contribution >= 4 is 100 Å². The summed E-state index contributed by atoms with van der Waals surface area (Å²) in [5.41, 5.74) is 12.3. The van der Waals surface area contributed by atoms with E-state index < -0.39 is 35.8 Å². The maximum Gasteiger partial charge on any atom is 0.346 e. The number of hydrogen-bond donors (Lipinski definition) is 0. The lowest BCUT2D eigenvalue weighted by Crippen LogP contribution is -2.09. The van der Waals surface area contributed by atoms with Gasteiger partial charge in [-0.15, -0.1) is 0 Å². The third-order valence-electron chi connectivity index (χ3n) is 15.5. The summed E-state index contributed by atoms with van der Waals surface area (Å²) < 4.78 is 15.2. The van der Waals surface area contributed by atoms with Gasteiger partial charge in [0.15, 0.2) is 0 Å². The highest BCUT2D eigenvalue weighted by Crippen LogP contribution is 2.44. The number of esters is 6. The van der Waals surface area contributed by atoms with Gasteiger partial charge in [-0.2, -0.15) is 0 Å². The summed E-state index contributed by atoms with van der Waals surface area (Å²) in [5.74, 6) is -4.16. The van der Waals surface area contributed by atoms with Crippen molar-refractivity contribution in [1.82, 2.24) is 0 Å². The summed E-state index contributed by atoms with van der Waals surface area (Å²) in [6.45, 7) is 3.65. The minimum atomic E-state index is -0.706. The Bertz CT molecular complexity index is 4430. The zero-order chi connectivity index (χ0) is 57.8. The van der Waals surface area contributed by atoms with Crippen LogP contribution >= 0.6 is 0 Å². The molecule has 0 fully saturated rings. The highest BCUT2D eigenvalue weighted by atomic mass is 16.6. The summed E-state index contributed by atoms with van der Waals surface area (Å²) in [6, 6.07) is 78.4. The largest absolute Gasteiger partial charge is 0.390 e. The predicted octanol–water partition coefficient (Wildman–Crippen LogP) is 17.7. The third kappa shape index (κ3) is 9.59. The van der Waals surface area contributed by atoms with Crippen molar-refractivity contribution in [2.45, 2.75) is 20.8 Å². The SMILES string of the molecule is CC(=O)OC(=O)c1cccc2c(-c3ccc(-c4cc(-c5ccc(-c6c7ccccc7cc7c(C(=O)OC(C)=O)cccc67)cc5)cc(-c5ccc(-c6c7ccccc7cc7c(C(=O)OC(C)=O)cccc67)cc5)c4)cc3)c3ccccc3cc12. The van der Waals surface area contributed by atoms with Crippen LogP contribution in [-0.4, -0.2) is 35.8 Å². The summed E-state index contributed by atoms with van der Waals surface area (Å²) >= 11 is 0. The minimum absolute atomic E-state index is 0.302. The number of rotatable bonds is 9. The molecule has 0 aliphatic carbocycles. The Morgan fingerprint density at radius 3 is 0.726 bits per heavy atom. The van der Waals surface area contributed by atoms with Gasteiger partial charge in [-0.3, -0.25) is 14.4 Å². The molecule has 0 N–H and O–H groups in total. The first-order valence-electron chi connectivity index (χ1n) is 27.3. The predicted molar refractivity (Wildman–Crippen MR) is 332 cm³/mol. The van der Waals surface area contributed by atoms with Gasteiger partial charge in [-0.1, -0.05) is 182 Å². The molecule has 13 aromatic carbocycles. The molecule has 0 bridgehead atoms. The van der Waals surface area contributed by atoms with Gasteiger partial charge in [0, 0.05) is 20.8 Å². The average Bonchev–Trinajstić information content (AvgIpc) is 1.29. The summed E-state index contributed by atoms with van der Waals surface area (Å²) in [5, 5.41) is 10.4. The molecule has 0 saturated heterocycles. The van der Waals surface area contributed by atoms with Gasteiger partial charge in [-0.05, 0) is 186 Å². The Morgan fingerprint density at radius 2 is 0.464 bits per heavy atom. The van der Waals surface area contributed by atoms with E-state index in [0.29, 0.717) is 32.8 Å². The average molecular weight is 1090 g/mol. The van der Waals surface area contributed by atoms with Crippen LogP contribution in [0, 0.1) is 0 Å². The van der Waals surface area contributed by atoms with E-state index in [2.05, 4.69) is 109 Å². The fourth-order valence-corrected chi connectivity index (χ4v) is 11.9. The lowest BCUT2D eigenvalue weighted by atomic mass is 9.88. The molecule has 0 unspecified atom stereocenters. The molecule has 9 nitrogen and oxygen atoms in total. The standard InChI is InChI=1S/C75H48O9/c1-43(76)82-73(79)64-22-10-19-61-67(64)40-52-13-4-7-16-58(52)70(61)49-31-25-46(26-32-49)55-37-56(47-27-33-50(34-28-47)71-59-17-8-5-14-53(59)41-68-62(71)20-11-23-65(68)74(80)83-44(2)77)39-57(38-55)48-29-35-51(36-30-48)72-60-18-9-6-15-54(60)42-69-63(72)21-12-24-66(69)75(81)84-45(3)78/h4-42H,1-3H3. The van der Waals surface area contributed by atoms with Crippen LogP contribution in [0.2, 0.25) is 0 Å². The maximum atomic E-state index is 13.3.